The monoisotopic (exact) mass is 409 g/mol. The largest absolute Gasteiger partial charge is 0.454 e. The molecule has 0 atom stereocenters. The van der Waals surface area contributed by atoms with Gasteiger partial charge in [0.15, 0.2) is 6.61 Å². The Morgan fingerprint density at radius 3 is 2.40 bits per heavy atom. The molecule has 7 heteroatoms. The van der Waals surface area contributed by atoms with Gasteiger partial charge >= 0.3 is 5.97 Å². The van der Waals surface area contributed by atoms with E-state index in [1.54, 1.807) is 35.2 Å². The summed E-state index contributed by atoms with van der Waals surface area (Å²) in [5.74, 6) is -1.21. The zero-order valence-electron chi connectivity index (χ0n) is 17.2. The smallest absolute Gasteiger partial charge is 0.325 e. The Morgan fingerprint density at radius 1 is 0.967 bits per heavy atom. The van der Waals surface area contributed by atoms with Crippen molar-refractivity contribution in [2.24, 2.45) is 0 Å². The summed E-state index contributed by atoms with van der Waals surface area (Å²) in [5, 5.41) is 2.49. The lowest BCUT2D eigenvalue weighted by atomic mass is 10.1. The zero-order chi connectivity index (χ0) is 21.3. The second kappa shape index (κ2) is 10.5. The van der Waals surface area contributed by atoms with Crippen molar-refractivity contribution in [2.75, 3.05) is 39.3 Å². The number of carbonyl (C=O) groups excluding carboxylic acids is 3. The third-order valence-corrected chi connectivity index (χ3v) is 5.00. The van der Waals surface area contributed by atoms with Gasteiger partial charge in [-0.3, -0.25) is 19.3 Å². The summed E-state index contributed by atoms with van der Waals surface area (Å²) in [6, 6.07) is 17.0. The number of rotatable bonds is 7. The molecule has 0 aromatic heterocycles. The molecule has 1 N–H and O–H groups in total. The lowest BCUT2D eigenvalue weighted by Gasteiger charge is -2.34. The van der Waals surface area contributed by atoms with E-state index in [0.29, 0.717) is 18.7 Å². The quantitative estimate of drug-likeness (QED) is 0.703. The molecule has 0 bridgehead atoms. The summed E-state index contributed by atoms with van der Waals surface area (Å²) in [6.07, 6.45) is 0. The highest BCUT2D eigenvalue weighted by atomic mass is 16.5. The molecular weight excluding hydrogens is 382 g/mol. The summed E-state index contributed by atoms with van der Waals surface area (Å²) in [4.78, 5) is 40.1. The topological polar surface area (TPSA) is 79.0 Å². The fraction of sp³-hybridized carbons (Fsp3) is 0.348. The highest BCUT2D eigenvalue weighted by Gasteiger charge is 2.22. The zero-order valence-corrected chi connectivity index (χ0v) is 17.2. The molecule has 0 saturated carbocycles. The Balaban J connectivity index is 1.34. The van der Waals surface area contributed by atoms with Crippen LogP contribution in [0.2, 0.25) is 0 Å². The first kappa shape index (κ1) is 21.5. The van der Waals surface area contributed by atoms with Crippen LogP contribution >= 0.6 is 0 Å². The number of ether oxygens (including phenoxy) is 1. The van der Waals surface area contributed by atoms with Crippen molar-refractivity contribution in [1.82, 2.24) is 15.1 Å². The van der Waals surface area contributed by atoms with Crippen LogP contribution in [-0.2, 0) is 20.9 Å². The van der Waals surface area contributed by atoms with Crippen LogP contribution in [-0.4, -0.2) is 66.9 Å². The van der Waals surface area contributed by atoms with Gasteiger partial charge in [0.2, 0.25) is 0 Å². The van der Waals surface area contributed by atoms with Crippen molar-refractivity contribution in [2.45, 2.75) is 13.5 Å². The second-order valence-corrected chi connectivity index (χ2v) is 7.36. The standard InChI is InChI=1S/C23H27N3O4/c1-18-6-5-7-19(14-18)16-25-10-12-26(13-11-25)21(27)17-30-22(28)15-24-23(29)20-8-3-2-4-9-20/h2-9,14H,10-13,15-17H2,1H3,(H,24,29). The summed E-state index contributed by atoms with van der Waals surface area (Å²) in [6.45, 7) is 5.12. The third-order valence-electron chi connectivity index (χ3n) is 5.00. The van der Waals surface area contributed by atoms with Gasteiger partial charge in [-0.2, -0.15) is 0 Å². The summed E-state index contributed by atoms with van der Waals surface area (Å²) in [7, 11) is 0. The highest BCUT2D eigenvalue weighted by Crippen LogP contribution is 2.10. The van der Waals surface area contributed by atoms with Crippen molar-refractivity contribution < 1.29 is 19.1 Å². The van der Waals surface area contributed by atoms with E-state index in [1.807, 2.05) is 0 Å². The first-order chi connectivity index (χ1) is 14.5. The lowest BCUT2D eigenvalue weighted by molar-refractivity contribution is -0.151. The fourth-order valence-corrected chi connectivity index (χ4v) is 3.35. The van der Waals surface area contributed by atoms with E-state index < -0.39 is 5.97 Å². The molecule has 0 aliphatic carbocycles. The van der Waals surface area contributed by atoms with Crippen LogP contribution < -0.4 is 5.32 Å². The SMILES string of the molecule is Cc1cccc(CN2CCN(C(=O)COC(=O)CNC(=O)c3ccccc3)CC2)c1. The van der Waals surface area contributed by atoms with Crippen LogP contribution in [0.1, 0.15) is 21.5 Å². The molecule has 2 aromatic carbocycles. The van der Waals surface area contributed by atoms with Crippen LogP contribution in [0.25, 0.3) is 0 Å². The van der Waals surface area contributed by atoms with Crippen LogP contribution in [0.3, 0.4) is 0 Å². The van der Waals surface area contributed by atoms with Gasteiger partial charge in [-0.25, -0.2) is 0 Å². The molecule has 2 aromatic rings. The van der Waals surface area contributed by atoms with Gasteiger partial charge in [-0.05, 0) is 24.6 Å². The van der Waals surface area contributed by atoms with E-state index in [0.717, 1.165) is 19.6 Å². The maximum absolute atomic E-state index is 12.3. The average Bonchev–Trinajstić information content (AvgIpc) is 2.77. The number of hydrogen-bond donors (Lipinski definition) is 1. The van der Waals surface area contributed by atoms with E-state index in [2.05, 4.69) is 41.4 Å². The molecule has 0 radical (unpaired) electrons. The van der Waals surface area contributed by atoms with Crippen LogP contribution in [0.15, 0.2) is 54.6 Å². The molecule has 0 spiro atoms. The second-order valence-electron chi connectivity index (χ2n) is 7.36. The molecule has 2 amide bonds. The normalized spacial score (nSPS) is 14.2. The van der Waals surface area contributed by atoms with Crippen LogP contribution in [0, 0.1) is 6.92 Å². The molecule has 7 nitrogen and oxygen atoms in total. The van der Waals surface area contributed by atoms with Crippen molar-refractivity contribution in [3.8, 4) is 0 Å². The fourth-order valence-electron chi connectivity index (χ4n) is 3.35. The summed E-state index contributed by atoms with van der Waals surface area (Å²) >= 11 is 0. The van der Waals surface area contributed by atoms with Gasteiger partial charge in [0.1, 0.15) is 6.54 Å². The molecule has 158 valence electrons. The molecule has 1 heterocycles. The maximum Gasteiger partial charge on any atom is 0.325 e. The molecule has 1 fully saturated rings. The van der Waals surface area contributed by atoms with Crippen LogP contribution in [0.5, 0.6) is 0 Å². The van der Waals surface area contributed by atoms with E-state index >= 15 is 0 Å². The number of nitrogens with zero attached hydrogens (tertiary/aromatic N) is 2. The minimum atomic E-state index is -0.634. The predicted octanol–water partition coefficient (Wildman–Crippen LogP) is 1.61. The predicted molar refractivity (Wildman–Crippen MR) is 113 cm³/mol. The van der Waals surface area contributed by atoms with Crippen molar-refractivity contribution >= 4 is 17.8 Å². The van der Waals surface area contributed by atoms with E-state index in [9.17, 15) is 14.4 Å². The Bertz CT molecular complexity index is 877. The third kappa shape index (κ3) is 6.42. The van der Waals surface area contributed by atoms with Gasteiger partial charge in [-0.1, -0.05) is 48.0 Å². The average molecular weight is 409 g/mol. The van der Waals surface area contributed by atoms with Crippen LogP contribution in [0.4, 0.5) is 0 Å². The molecule has 1 aliphatic rings. The Hall–Kier alpha value is -3.19. The minimum absolute atomic E-state index is 0.215. The summed E-state index contributed by atoms with van der Waals surface area (Å²) in [5.41, 5.74) is 2.97. The van der Waals surface area contributed by atoms with E-state index in [4.69, 9.17) is 4.74 Å². The molecule has 30 heavy (non-hydrogen) atoms. The molecule has 3 rings (SSSR count). The number of nitrogens with one attached hydrogen (secondary N) is 1. The Morgan fingerprint density at radius 2 is 1.70 bits per heavy atom. The Kier molecular flexibility index (Phi) is 7.57. The number of hydrogen-bond acceptors (Lipinski definition) is 5. The van der Waals surface area contributed by atoms with E-state index in [1.165, 1.54) is 11.1 Å². The van der Waals surface area contributed by atoms with Gasteiger partial charge in [0.05, 0.1) is 0 Å². The van der Waals surface area contributed by atoms with Crippen molar-refractivity contribution in [1.29, 1.82) is 0 Å². The minimum Gasteiger partial charge on any atom is -0.454 e. The number of piperazine rings is 1. The van der Waals surface area contributed by atoms with Gasteiger partial charge in [0.25, 0.3) is 11.8 Å². The lowest BCUT2D eigenvalue weighted by Crippen LogP contribution is -2.49. The van der Waals surface area contributed by atoms with E-state index in [-0.39, 0.29) is 25.0 Å². The van der Waals surface area contributed by atoms with Crippen molar-refractivity contribution in [3.63, 3.8) is 0 Å². The number of carbonyl (C=O) groups is 3. The number of amides is 2. The Labute approximate surface area is 176 Å². The first-order valence-corrected chi connectivity index (χ1v) is 10.1. The molecular formula is C23H27N3O4. The number of benzene rings is 2. The molecule has 0 unspecified atom stereocenters. The molecule has 1 aliphatic heterocycles. The first-order valence-electron chi connectivity index (χ1n) is 10.1. The van der Waals surface area contributed by atoms with Crippen molar-refractivity contribution in [3.05, 3.63) is 71.3 Å². The summed E-state index contributed by atoms with van der Waals surface area (Å²) < 4.78 is 5.02. The van der Waals surface area contributed by atoms with Gasteiger partial charge < -0.3 is 15.0 Å². The maximum atomic E-state index is 12.3. The van der Waals surface area contributed by atoms with Gasteiger partial charge in [-0.15, -0.1) is 0 Å². The number of esters is 1. The highest BCUT2D eigenvalue weighted by molar-refractivity contribution is 5.96. The van der Waals surface area contributed by atoms with Gasteiger partial charge in [0, 0.05) is 38.3 Å². The molecule has 1 saturated heterocycles. The number of aryl methyl sites for hydroxylation is 1.